The van der Waals surface area contributed by atoms with Crippen LogP contribution in [0.15, 0.2) is 23.1 Å². The molecular formula is C12H13N3O2S. The molecule has 2 aliphatic heterocycles. The van der Waals surface area contributed by atoms with E-state index in [1.54, 1.807) is 12.1 Å². The van der Waals surface area contributed by atoms with Gasteiger partial charge in [-0.25, -0.2) is 4.90 Å². The molecule has 2 aliphatic rings. The van der Waals surface area contributed by atoms with Gasteiger partial charge in [-0.05, 0) is 18.2 Å². The molecule has 0 bridgehead atoms. The lowest BCUT2D eigenvalue weighted by atomic mass is 10.0. The van der Waals surface area contributed by atoms with E-state index in [0.717, 1.165) is 4.90 Å². The SMILES string of the molecule is Nc1ccc2c(c1)N(C(=O)C1CNC1)C(=O)CS2. The molecule has 0 aliphatic carbocycles. The number of nitrogens with two attached hydrogens (primary N) is 1. The monoisotopic (exact) mass is 263 g/mol. The molecule has 5 nitrogen and oxygen atoms in total. The van der Waals surface area contributed by atoms with Crippen molar-refractivity contribution in [2.75, 3.05) is 29.5 Å². The number of nitrogen functional groups attached to an aromatic ring is 1. The third kappa shape index (κ3) is 1.77. The first-order chi connectivity index (χ1) is 8.66. The number of fused-ring (bicyclic) bond motifs is 1. The lowest BCUT2D eigenvalue weighted by molar-refractivity contribution is -0.128. The second kappa shape index (κ2) is 4.29. The maximum absolute atomic E-state index is 12.3. The summed E-state index contributed by atoms with van der Waals surface area (Å²) in [4.78, 5) is 26.5. The van der Waals surface area contributed by atoms with E-state index in [0.29, 0.717) is 30.2 Å². The maximum Gasteiger partial charge on any atom is 0.244 e. The summed E-state index contributed by atoms with van der Waals surface area (Å²) in [6.07, 6.45) is 0. The normalized spacial score (nSPS) is 19.3. The molecular weight excluding hydrogens is 250 g/mol. The Balaban J connectivity index is 2.00. The van der Waals surface area contributed by atoms with Crippen LogP contribution in [0.1, 0.15) is 0 Å². The Morgan fingerprint density at radius 1 is 1.44 bits per heavy atom. The van der Waals surface area contributed by atoms with Gasteiger partial charge < -0.3 is 11.1 Å². The van der Waals surface area contributed by atoms with E-state index in [-0.39, 0.29) is 17.7 Å². The van der Waals surface area contributed by atoms with E-state index in [1.807, 2.05) is 6.07 Å². The fourth-order valence-corrected chi connectivity index (χ4v) is 2.93. The Kier molecular flexibility index (Phi) is 2.76. The second-order valence-corrected chi connectivity index (χ2v) is 5.46. The van der Waals surface area contributed by atoms with Crippen LogP contribution in [0.25, 0.3) is 0 Å². The Bertz CT molecular complexity index is 528. The highest BCUT2D eigenvalue weighted by Crippen LogP contribution is 2.37. The van der Waals surface area contributed by atoms with Crippen LogP contribution in [-0.2, 0) is 9.59 Å². The van der Waals surface area contributed by atoms with Crippen molar-refractivity contribution in [1.29, 1.82) is 0 Å². The van der Waals surface area contributed by atoms with Gasteiger partial charge in [0.1, 0.15) is 0 Å². The Hall–Kier alpha value is -1.53. The molecule has 2 heterocycles. The topological polar surface area (TPSA) is 75.4 Å². The van der Waals surface area contributed by atoms with E-state index in [9.17, 15) is 9.59 Å². The Labute approximate surface area is 109 Å². The third-order valence-corrected chi connectivity index (χ3v) is 4.22. The highest BCUT2D eigenvalue weighted by Gasteiger charge is 2.36. The molecule has 1 aromatic carbocycles. The number of hydrogen-bond acceptors (Lipinski definition) is 5. The van der Waals surface area contributed by atoms with Crippen molar-refractivity contribution < 1.29 is 9.59 Å². The van der Waals surface area contributed by atoms with E-state index in [1.165, 1.54) is 16.7 Å². The number of hydrogen-bond donors (Lipinski definition) is 2. The van der Waals surface area contributed by atoms with Gasteiger partial charge in [-0.1, -0.05) is 0 Å². The fourth-order valence-electron chi connectivity index (χ4n) is 2.06. The predicted octanol–water partition coefficient (Wildman–Crippen LogP) is 0.454. The minimum Gasteiger partial charge on any atom is -0.399 e. The zero-order valence-electron chi connectivity index (χ0n) is 9.68. The van der Waals surface area contributed by atoms with Gasteiger partial charge in [0, 0.05) is 23.7 Å². The van der Waals surface area contributed by atoms with Gasteiger partial charge >= 0.3 is 0 Å². The van der Waals surface area contributed by atoms with Gasteiger partial charge in [-0.2, -0.15) is 0 Å². The van der Waals surface area contributed by atoms with Crippen molar-refractivity contribution >= 4 is 35.0 Å². The van der Waals surface area contributed by atoms with Crippen molar-refractivity contribution in [2.45, 2.75) is 4.90 Å². The molecule has 0 atom stereocenters. The number of rotatable bonds is 1. The molecule has 0 unspecified atom stereocenters. The van der Waals surface area contributed by atoms with E-state index in [2.05, 4.69) is 5.32 Å². The number of nitrogens with zero attached hydrogens (tertiary/aromatic N) is 1. The van der Waals surface area contributed by atoms with Crippen molar-refractivity contribution in [3.63, 3.8) is 0 Å². The van der Waals surface area contributed by atoms with E-state index < -0.39 is 0 Å². The van der Waals surface area contributed by atoms with Crippen molar-refractivity contribution in [3.8, 4) is 0 Å². The van der Waals surface area contributed by atoms with Gasteiger partial charge in [-0.15, -0.1) is 11.8 Å². The Morgan fingerprint density at radius 3 is 2.89 bits per heavy atom. The number of benzene rings is 1. The molecule has 3 rings (SSSR count). The third-order valence-electron chi connectivity index (χ3n) is 3.18. The lowest BCUT2D eigenvalue weighted by Gasteiger charge is -2.34. The summed E-state index contributed by atoms with van der Waals surface area (Å²) >= 11 is 1.45. The minimum absolute atomic E-state index is 0.0914. The molecule has 6 heteroatoms. The van der Waals surface area contributed by atoms with E-state index >= 15 is 0 Å². The first-order valence-electron chi connectivity index (χ1n) is 5.76. The average molecular weight is 263 g/mol. The van der Waals surface area contributed by atoms with Crippen LogP contribution in [0.3, 0.4) is 0 Å². The van der Waals surface area contributed by atoms with Gasteiger partial charge in [0.25, 0.3) is 0 Å². The summed E-state index contributed by atoms with van der Waals surface area (Å²) in [5.41, 5.74) is 6.94. The zero-order chi connectivity index (χ0) is 12.7. The first kappa shape index (κ1) is 11.6. The molecule has 1 fully saturated rings. The molecule has 94 valence electrons. The summed E-state index contributed by atoms with van der Waals surface area (Å²) in [5.74, 6) is -0.0600. The number of imide groups is 1. The van der Waals surface area contributed by atoms with Crippen LogP contribution in [0.4, 0.5) is 11.4 Å². The first-order valence-corrected chi connectivity index (χ1v) is 6.75. The van der Waals surface area contributed by atoms with Crippen LogP contribution in [0.2, 0.25) is 0 Å². The number of amides is 2. The van der Waals surface area contributed by atoms with Crippen LogP contribution in [-0.4, -0.2) is 30.7 Å². The van der Waals surface area contributed by atoms with Gasteiger partial charge in [0.05, 0.1) is 17.4 Å². The molecule has 3 N–H and O–H groups in total. The molecule has 18 heavy (non-hydrogen) atoms. The molecule has 1 aromatic rings. The van der Waals surface area contributed by atoms with Crippen molar-refractivity contribution in [2.24, 2.45) is 5.92 Å². The van der Waals surface area contributed by atoms with Crippen molar-refractivity contribution in [3.05, 3.63) is 18.2 Å². The second-order valence-electron chi connectivity index (χ2n) is 4.44. The summed E-state index contributed by atoms with van der Waals surface area (Å²) in [6, 6.07) is 5.35. The van der Waals surface area contributed by atoms with Crippen LogP contribution in [0.5, 0.6) is 0 Å². The quantitative estimate of drug-likeness (QED) is 0.568. The predicted molar refractivity (Wildman–Crippen MR) is 70.4 cm³/mol. The maximum atomic E-state index is 12.3. The number of thioether (sulfide) groups is 1. The average Bonchev–Trinajstić information content (AvgIpc) is 2.25. The fraction of sp³-hybridized carbons (Fsp3) is 0.333. The molecule has 0 spiro atoms. The standard InChI is InChI=1S/C12H13N3O2S/c13-8-1-2-10-9(3-8)15(11(16)6-18-10)12(17)7-4-14-5-7/h1-3,7,14H,4-6,13H2. The summed E-state index contributed by atoms with van der Waals surface area (Å²) in [6.45, 7) is 1.29. The van der Waals surface area contributed by atoms with Crippen molar-refractivity contribution in [1.82, 2.24) is 5.32 Å². The number of carbonyl (C=O) groups is 2. The zero-order valence-corrected chi connectivity index (χ0v) is 10.5. The minimum atomic E-state index is -0.157. The molecule has 1 saturated heterocycles. The molecule has 0 radical (unpaired) electrons. The largest absolute Gasteiger partial charge is 0.399 e. The highest BCUT2D eigenvalue weighted by atomic mass is 32.2. The van der Waals surface area contributed by atoms with Crippen LogP contribution < -0.4 is 16.0 Å². The van der Waals surface area contributed by atoms with Gasteiger partial charge in [0.2, 0.25) is 11.8 Å². The number of carbonyl (C=O) groups excluding carboxylic acids is 2. The Morgan fingerprint density at radius 2 is 2.22 bits per heavy atom. The summed E-state index contributed by atoms with van der Waals surface area (Å²) in [7, 11) is 0. The molecule has 0 saturated carbocycles. The molecule has 0 aromatic heterocycles. The molecule has 2 amide bonds. The summed E-state index contributed by atoms with van der Waals surface area (Å²) < 4.78 is 0. The highest BCUT2D eigenvalue weighted by molar-refractivity contribution is 8.00. The number of anilines is 2. The van der Waals surface area contributed by atoms with Gasteiger partial charge in [0.15, 0.2) is 0 Å². The smallest absolute Gasteiger partial charge is 0.244 e. The van der Waals surface area contributed by atoms with Gasteiger partial charge in [-0.3, -0.25) is 9.59 Å². The van der Waals surface area contributed by atoms with E-state index in [4.69, 9.17) is 5.73 Å². The van der Waals surface area contributed by atoms with Crippen LogP contribution in [0, 0.1) is 5.92 Å². The number of nitrogens with one attached hydrogen (secondary N) is 1. The summed E-state index contributed by atoms with van der Waals surface area (Å²) in [5, 5.41) is 3.04. The van der Waals surface area contributed by atoms with Crippen LogP contribution >= 0.6 is 11.8 Å². The lowest BCUT2D eigenvalue weighted by Crippen LogP contribution is -2.54.